The van der Waals surface area contributed by atoms with Crippen LogP contribution in [0.4, 0.5) is 11.8 Å². The van der Waals surface area contributed by atoms with Crippen LogP contribution in [-0.4, -0.2) is 51.5 Å². The standard InChI is InChI=1S/C10H14N6O/c1-11-10-13-8-7(4-12-15-8)9(14-10)16-3-2-6(17)5-16/h4,6,17H,2-3,5H2,1H3,(H2,11,12,13,14,15). The lowest BCUT2D eigenvalue weighted by Crippen LogP contribution is -2.23. The highest BCUT2D eigenvalue weighted by atomic mass is 16.3. The summed E-state index contributed by atoms with van der Waals surface area (Å²) >= 11 is 0. The highest BCUT2D eigenvalue weighted by Crippen LogP contribution is 2.26. The fourth-order valence-electron chi connectivity index (χ4n) is 2.11. The first-order valence-electron chi connectivity index (χ1n) is 5.60. The molecule has 1 fully saturated rings. The summed E-state index contributed by atoms with van der Waals surface area (Å²) in [6.07, 6.45) is 2.22. The van der Waals surface area contributed by atoms with E-state index >= 15 is 0 Å². The first-order chi connectivity index (χ1) is 8.28. The number of nitrogens with one attached hydrogen (secondary N) is 2. The topological polar surface area (TPSA) is 90.0 Å². The number of H-pyrrole nitrogens is 1. The van der Waals surface area contributed by atoms with Crippen molar-refractivity contribution in [2.45, 2.75) is 12.5 Å². The summed E-state index contributed by atoms with van der Waals surface area (Å²) in [5.41, 5.74) is 0.709. The minimum atomic E-state index is -0.273. The Morgan fingerprint density at radius 3 is 3.12 bits per heavy atom. The zero-order valence-electron chi connectivity index (χ0n) is 9.51. The van der Waals surface area contributed by atoms with Gasteiger partial charge in [-0.1, -0.05) is 0 Å². The third-order valence-corrected chi connectivity index (χ3v) is 2.98. The van der Waals surface area contributed by atoms with Gasteiger partial charge in [0.25, 0.3) is 0 Å². The summed E-state index contributed by atoms with van der Waals surface area (Å²) in [4.78, 5) is 10.8. The molecule has 2 aromatic heterocycles. The van der Waals surface area contributed by atoms with Crippen molar-refractivity contribution >= 4 is 22.8 Å². The van der Waals surface area contributed by atoms with E-state index in [9.17, 15) is 5.11 Å². The lowest BCUT2D eigenvalue weighted by Gasteiger charge is -2.17. The number of aromatic amines is 1. The fourth-order valence-corrected chi connectivity index (χ4v) is 2.11. The van der Waals surface area contributed by atoms with Crippen molar-refractivity contribution in [2.24, 2.45) is 0 Å². The number of rotatable bonds is 2. The molecule has 0 saturated carbocycles. The number of β-amino-alcohol motifs (C(OH)–C–C–N with tert-alkyl or cyclic N) is 1. The van der Waals surface area contributed by atoms with Gasteiger partial charge in [0.2, 0.25) is 5.95 Å². The largest absolute Gasteiger partial charge is 0.391 e. The highest BCUT2D eigenvalue weighted by Gasteiger charge is 2.24. The van der Waals surface area contributed by atoms with Crippen LogP contribution in [0.2, 0.25) is 0 Å². The molecule has 0 radical (unpaired) electrons. The first-order valence-corrected chi connectivity index (χ1v) is 5.60. The third kappa shape index (κ3) is 1.68. The van der Waals surface area contributed by atoms with Gasteiger partial charge in [-0.2, -0.15) is 15.1 Å². The fraction of sp³-hybridized carbons (Fsp3) is 0.500. The van der Waals surface area contributed by atoms with E-state index in [0.29, 0.717) is 18.1 Å². The molecule has 3 heterocycles. The molecule has 1 aliphatic rings. The summed E-state index contributed by atoms with van der Waals surface area (Å²) in [6, 6.07) is 0. The van der Waals surface area contributed by atoms with E-state index in [1.165, 1.54) is 0 Å². The van der Waals surface area contributed by atoms with Gasteiger partial charge in [-0.15, -0.1) is 0 Å². The number of hydrogen-bond acceptors (Lipinski definition) is 6. The molecule has 7 nitrogen and oxygen atoms in total. The minimum absolute atomic E-state index is 0.273. The van der Waals surface area contributed by atoms with Gasteiger partial charge < -0.3 is 15.3 Å². The zero-order chi connectivity index (χ0) is 11.8. The molecule has 0 amide bonds. The van der Waals surface area contributed by atoms with E-state index in [4.69, 9.17) is 0 Å². The van der Waals surface area contributed by atoms with Crippen molar-refractivity contribution in [1.29, 1.82) is 0 Å². The molecular formula is C10H14N6O. The number of fused-ring (bicyclic) bond motifs is 1. The van der Waals surface area contributed by atoms with Gasteiger partial charge in [0.1, 0.15) is 5.82 Å². The molecule has 0 spiro atoms. The number of anilines is 2. The summed E-state index contributed by atoms with van der Waals surface area (Å²) < 4.78 is 0. The number of hydrogen-bond donors (Lipinski definition) is 3. The van der Waals surface area contributed by atoms with Crippen LogP contribution in [0.15, 0.2) is 6.20 Å². The van der Waals surface area contributed by atoms with Crippen LogP contribution in [0.25, 0.3) is 11.0 Å². The van der Waals surface area contributed by atoms with Crippen molar-refractivity contribution in [2.75, 3.05) is 30.4 Å². The van der Waals surface area contributed by atoms with E-state index in [-0.39, 0.29) is 6.10 Å². The average molecular weight is 234 g/mol. The summed E-state index contributed by atoms with van der Waals surface area (Å²) in [5.74, 6) is 1.38. The van der Waals surface area contributed by atoms with Crippen LogP contribution in [0.3, 0.4) is 0 Å². The maximum absolute atomic E-state index is 9.59. The van der Waals surface area contributed by atoms with E-state index in [0.717, 1.165) is 24.2 Å². The zero-order valence-corrected chi connectivity index (χ0v) is 9.51. The van der Waals surface area contributed by atoms with Crippen LogP contribution in [0.5, 0.6) is 0 Å². The third-order valence-electron chi connectivity index (χ3n) is 2.98. The first kappa shape index (κ1) is 10.3. The number of aliphatic hydroxyl groups excluding tert-OH is 1. The van der Waals surface area contributed by atoms with Crippen molar-refractivity contribution in [3.05, 3.63) is 6.20 Å². The van der Waals surface area contributed by atoms with Crippen LogP contribution in [0, 0.1) is 0 Å². The van der Waals surface area contributed by atoms with Crippen LogP contribution in [0.1, 0.15) is 6.42 Å². The van der Waals surface area contributed by atoms with E-state index < -0.39 is 0 Å². The van der Waals surface area contributed by atoms with Crippen LogP contribution >= 0.6 is 0 Å². The van der Waals surface area contributed by atoms with Gasteiger partial charge in [0.05, 0.1) is 17.7 Å². The average Bonchev–Trinajstić information content (AvgIpc) is 2.95. The van der Waals surface area contributed by atoms with Gasteiger partial charge in [-0.05, 0) is 6.42 Å². The summed E-state index contributed by atoms with van der Waals surface area (Å²) in [5, 5.41) is 20.2. The Balaban J connectivity index is 2.10. The van der Waals surface area contributed by atoms with Gasteiger partial charge >= 0.3 is 0 Å². The van der Waals surface area contributed by atoms with Gasteiger partial charge in [-0.25, -0.2) is 0 Å². The van der Waals surface area contributed by atoms with E-state index in [2.05, 4.69) is 30.4 Å². The Kier molecular flexibility index (Phi) is 2.32. The molecule has 17 heavy (non-hydrogen) atoms. The second-order valence-corrected chi connectivity index (χ2v) is 4.14. The number of aliphatic hydroxyl groups is 1. The molecule has 90 valence electrons. The summed E-state index contributed by atoms with van der Waals surface area (Å²) in [6.45, 7) is 1.42. The molecule has 1 atom stereocenters. The number of nitrogens with zero attached hydrogens (tertiary/aromatic N) is 4. The van der Waals surface area contributed by atoms with Crippen molar-refractivity contribution in [3.8, 4) is 0 Å². The number of aromatic nitrogens is 4. The molecule has 3 N–H and O–H groups in total. The Morgan fingerprint density at radius 1 is 1.53 bits per heavy atom. The van der Waals surface area contributed by atoms with Crippen molar-refractivity contribution in [1.82, 2.24) is 20.2 Å². The van der Waals surface area contributed by atoms with E-state index in [1.54, 1.807) is 13.2 Å². The molecule has 3 rings (SSSR count). The molecule has 1 aliphatic heterocycles. The monoisotopic (exact) mass is 234 g/mol. The second kappa shape index (κ2) is 3.85. The van der Waals surface area contributed by atoms with Gasteiger partial charge in [0, 0.05) is 20.1 Å². The Morgan fingerprint density at radius 2 is 2.41 bits per heavy atom. The molecular weight excluding hydrogens is 220 g/mol. The minimum Gasteiger partial charge on any atom is -0.391 e. The normalized spacial score (nSPS) is 20.1. The Bertz CT molecular complexity index is 539. The van der Waals surface area contributed by atoms with Crippen molar-refractivity contribution < 1.29 is 5.11 Å². The predicted molar refractivity (Wildman–Crippen MR) is 64.1 cm³/mol. The molecule has 1 unspecified atom stereocenters. The smallest absolute Gasteiger partial charge is 0.226 e. The lowest BCUT2D eigenvalue weighted by atomic mass is 10.3. The van der Waals surface area contributed by atoms with Gasteiger partial charge in [0.15, 0.2) is 5.65 Å². The predicted octanol–water partition coefficient (Wildman–Crippen LogP) is -0.0344. The Labute approximate surface area is 97.9 Å². The molecule has 7 heteroatoms. The second-order valence-electron chi connectivity index (χ2n) is 4.14. The molecule has 0 aromatic carbocycles. The summed E-state index contributed by atoms with van der Waals surface area (Å²) in [7, 11) is 1.78. The Hall–Kier alpha value is -1.89. The maximum Gasteiger partial charge on any atom is 0.226 e. The quantitative estimate of drug-likeness (QED) is 0.676. The van der Waals surface area contributed by atoms with Crippen molar-refractivity contribution in [3.63, 3.8) is 0 Å². The molecule has 1 saturated heterocycles. The SMILES string of the molecule is CNc1nc(N2CCC(O)C2)c2cn[nH]c2n1. The maximum atomic E-state index is 9.59. The van der Waals surface area contributed by atoms with E-state index in [1.807, 2.05) is 0 Å². The highest BCUT2D eigenvalue weighted by molar-refractivity contribution is 5.87. The van der Waals surface area contributed by atoms with Crippen LogP contribution in [-0.2, 0) is 0 Å². The lowest BCUT2D eigenvalue weighted by molar-refractivity contribution is 0.198. The van der Waals surface area contributed by atoms with Gasteiger partial charge in [-0.3, -0.25) is 5.10 Å². The molecule has 0 bridgehead atoms. The molecule has 2 aromatic rings. The van der Waals surface area contributed by atoms with Crippen LogP contribution < -0.4 is 10.2 Å². The molecule has 0 aliphatic carbocycles.